The van der Waals surface area contributed by atoms with Gasteiger partial charge in [-0.2, -0.15) is 0 Å². The lowest BCUT2D eigenvalue weighted by molar-refractivity contribution is -0.137. The Hall–Kier alpha value is -1.97. The van der Waals surface area contributed by atoms with Crippen LogP contribution in [0.25, 0.3) is 5.83 Å². The van der Waals surface area contributed by atoms with Crippen molar-refractivity contribution < 1.29 is 18.7 Å². The van der Waals surface area contributed by atoms with Crippen LogP contribution < -0.4 is 0 Å². The molecule has 0 aliphatic heterocycles. The van der Waals surface area contributed by atoms with E-state index in [1.165, 1.54) is 31.2 Å². The molecule has 0 heterocycles. The van der Waals surface area contributed by atoms with E-state index in [0.717, 1.165) is 6.08 Å². The summed E-state index contributed by atoms with van der Waals surface area (Å²) in [6.45, 7) is 3.27. The number of hydrogen-bond donors (Lipinski definition) is 0. The number of benzene rings is 1. The van der Waals surface area contributed by atoms with Crippen LogP contribution in [0.4, 0.5) is 4.39 Å². The smallest absolute Gasteiger partial charge is 0.333 e. The third-order valence-corrected chi connectivity index (χ3v) is 2.10. The van der Waals surface area contributed by atoms with Gasteiger partial charge in [0.15, 0.2) is 5.78 Å². The molecule has 1 aromatic carbocycles. The molecular weight excluding hydrogens is 223 g/mol. The van der Waals surface area contributed by atoms with Crippen LogP contribution in [-0.2, 0) is 9.53 Å². The van der Waals surface area contributed by atoms with Gasteiger partial charge in [-0.3, -0.25) is 4.79 Å². The number of halogens is 1. The highest BCUT2D eigenvalue weighted by Crippen LogP contribution is 2.16. The number of ether oxygens (including phenoxy) is 1. The van der Waals surface area contributed by atoms with Gasteiger partial charge in [0.2, 0.25) is 0 Å². The number of ketones is 1. The first kappa shape index (κ1) is 13.1. The largest absolute Gasteiger partial charge is 0.463 e. The normalized spacial score (nSPS) is 11.1. The summed E-state index contributed by atoms with van der Waals surface area (Å²) in [6.07, 6.45) is 0.784. The van der Waals surface area contributed by atoms with Gasteiger partial charge in [-0.25, -0.2) is 9.18 Å². The fraction of sp³-hybridized carbons (Fsp3) is 0.231. The quantitative estimate of drug-likeness (QED) is 0.458. The maximum absolute atomic E-state index is 13.5. The highest BCUT2D eigenvalue weighted by atomic mass is 19.1. The van der Waals surface area contributed by atoms with Crippen LogP contribution in [0.3, 0.4) is 0 Å². The van der Waals surface area contributed by atoms with Crippen LogP contribution >= 0.6 is 0 Å². The van der Waals surface area contributed by atoms with Crippen LogP contribution in [0.15, 0.2) is 30.3 Å². The van der Waals surface area contributed by atoms with Gasteiger partial charge >= 0.3 is 5.97 Å². The molecule has 1 aromatic rings. The average Bonchev–Trinajstić information content (AvgIpc) is 2.29. The molecule has 0 fully saturated rings. The highest BCUT2D eigenvalue weighted by Gasteiger charge is 2.05. The molecular formula is C13H13FO3. The standard InChI is InChI=1S/C13H13FO3/c1-3-17-13(16)8-12(14)11-6-4-10(5-7-11)9(2)15/h4-8H,3H2,1-2H3/b12-8+. The monoisotopic (exact) mass is 236 g/mol. The molecule has 3 nitrogen and oxygen atoms in total. The molecule has 0 aliphatic rings. The van der Waals surface area contributed by atoms with Gasteiger partial charge in [0, 0.05) is 11.1 Å². The van der Waals surface area contributed by atoms with Crippen molar-refractivity contribution >= 4 is 17.6 Å². The van der Waals surface area contributed by atoms with E-state index in [0.29, 0.717) is 5.56 Å². The van der Waals surface area contributed by atoms with Crippen molar-refractivity contribution in [3.63, 3.8) is 0 Å². The highest BCUT2D eigenvalue weighted by molar-refractivity contribution is 5.94. The van der Waals surface area contributed by atoms with E-state index >= 15 is 0 Å². The molecule has 0 spiro atoms. The number of Topliss-reactive ketones (excluding diaryl/α,β-unsaturated/α-hetero) is 1. The Balaban J connectivity index is 2.86. The molecule has 0 radical (unpaired) electrons. The third-order valence-electron chi connectivity index (χ3n) is 2.10. The second-order valence-electron chi connectivity index (χ2n) is 3.38. The third kappa shape index (κ3) is 3.83. The maximum Gasteiger partial charge on any atom is 0.333 e. The summed E-state index contributed by atoms with van der Waals surface area (Å²) in [5.41, 5.74) is 0.737. The molecule has 1 rings (SSSR count). The minimum atomic E-state index is -0.722. The van der Waals surface area contributed by atoms with Crippen molar-refractivity contribution in [1.29, 1.82) is 0 Å². The summed E-state index contributed by atoms with van der Waals surface area (Å²) >= 11 is 0. The van der Waals surface area contributed by atoms with E-state index in [4.69, 9.17) is 0 Å². The zero-order valence-electron chi connectivity index (χ0n) is 9.70. The van der Waals surface area contributed by atoms with E-state index < -0.39 is 11.8 Å². The fourth-order valence-electron chi connectivity index (χ4n) is 1.23. The Morgan fingerprint density at radius 2 is 1.76 bits per heavy atom. The summed E-state index contributed by atoms with van der Waals surface area (Å²) in [6, 6.07) is 5.91. The van der Waals surface area contributed by atoms with Crippen LogP contribution in [0.1, 0.15) is 29.8 Å². The van der Waals surface area contributed by atoms with Gasteiger partial charge in [-0.1, -0.05) is 24.3 Å². The molecule has 17 heavy (non-hydrogen) atoms. The van der Waals surface area contributed by atoms with Crippen molar-refractivity contribution in [3.8, 4) is 0 Å². The minimum absolute atomic E-state index is 0.0914. The van der Waals surface area contributed by atoms with Gasteiger partial charge < -0.3 is 4.74 Å². The molecule has 0 aliphatic carbocycles. The van der Waals surface area contributed by atoms with Crippen molar-refractivity contribution in [1.82, 2.24) is 0 Å². The first-order chi connectivity index (χ1) is 8.04. The van der Waals surface area contributed by atoms with Crippen molar-refractivity contribution in [2.45, 2.75) is 13.8 Å². The van der Waals surface area contributed by atoms with E-state index in [2.05, 4.69) is 4.74 Å². The molecule has 0 atom stereocenters. The fourth-order valence-corrected chi connectivity index (χ4v) is 1.23. The summed E-state index contributed by atoms with van der Waals surface area (Å²) < 4.78 is 18.1. The molecule has 0 saturated heterocycles. The minimum Gasteiger partial charge on any atom is -0.463 e. The van der Waals surface area contributed by atoms with E-state index in [1.807, 2.05) is 0 Å². The average molecular weight is 236 g/mol. The first-order valence-electron chi connectivity index (χ1n) is 5.20. The number of carbonyl (C=O) groups excluding carboxylic acids is 2. The lowest BCUT2D eigenvalue weighted by atomic mass is 10.1. The SMILES string of the molecule is CCOC(=O)/C=C(/F)c1ccc(C(C)=O)cc1. The molecule has 0 saturated carbocycles. The first-order valence-corrected chi connectivity index (χ1v) is 5.20. The topological polar surface area (TPSA) is 43.4 Å². The second kappa shape index (κ2) is 5.94. The van der Waals surface area contributed by atoms with E-state index in [-0.39, 0.29) is 18.0 Å². The van der Waals surface area contributed by atoms with Crippen LogP contribution in [0.2, 0.25) is 0 Å². The number of hydrogen-bond acceptors (Lipinski definition) is 3. The zero-order chi connectivity index (χ0) is 12.8. The maximum atomic E-state index is 13.5. The number of carbonyl (C=O) groups is 2. The van der Waals surface area contributed by atoms with Gasteiger partial charge in [-0.05, 0) is 13.8 Å². The van der Waals surface area contributed by atoms with Crippen molar-refractivity contribution in [3.05, 3.63) is 41.5 Å². The van der Waals surface area contributed by atoms with Crippen LogP contribution in [-0.4, -0.2) is 18.4 Å². The Morgan fingerprint density at radius 1 is 1.24 bits per heavy atom. The van der Waals surface area contributed by atoms with Crippen LogP contribution in [0.5, 0.6) is 0 Å². The Bertz CT molecular complexity index is 446. The Morgan fingerprint density at radius 3 is 2.24 bits per heavy atom. The molecule has 0 aromatic heterocycles. The zero-order valence-corrected chi connectivity index (χ0v) is 9.70. The van der Waals surface area contributed by atoms with Gasteiger partial charge in [0.05, 0.1) is 12.7 Å². The van der Waals surface area contributed by atoms with Crippen molar-refractivity contribution in [2.75, 3.05) is 6.61 Å². The van der Waals surface area contributed by atoms with Crippen molar-refractivity contribution in [2.24, 2.45) is 0 Å². The predicted molar refractivity (Wildman–Crippen MR) is 62.2 cm³/mol. The van der Waals surface area contributed by atoms with Gasteiger partial charge in [0.1, 0.15) is 5.83 Å². The lowest BCUT2D eigenvalue weighted by Crippen LogP contribution is -2.00. The summed E-state index contributed by atoms with van der Waals surface area (Å²) in [4.78, 5) is 22.0. The molecule has 0 N–H and O–H groups in total. The predicted octanol–water partition coefficient (Wildman–Crippen LogP) is 2.76. The van der Waals surface area contributed by atoms with Crippen LogP contribution in [0, 0.1) is 0 Å². The Kier molecular flexibility index (Phi) is 4.57. The second-order valence-corrected chi connectivity index (χ2v) is 3.38. The molecule has 4 heteroatoms. The lowest BCUT2D eigenvalue weighted by Gasteiger charge is -2.00. The summed E-state index contributed by atoms with van der Waals surface area (Å²) in [7, 11) is 0. The molecule has 0 bridgehead atoms. The molecule has 0 unspecified atom stereocenters. The Labute approximate surface area is 98.9 Å². The number of rotatable bonds is 4. The summed E-state index contributed by atoms with van der Waals surface area (Å²) in [5.74, 6) is -1.49. The summed E-state index contributed by atoms with van der Waals surface area (Å²) in [5, 5.41) is 0. The molecule has 90 valence electrons. The van der Waals surface area contributed by atoms with Gasteiger partial charge in [0.25, 0.3) is 0 Å². The van der Waals surface area contributed by atoms with E-state index in [9.17, 15) is 14.0 Å². The van der Waals surface area contributed by atoms with Gasteiger partial charge in [-0.15, -0.1) is 0 Å². The molecule has 0 amide bonds. The van der Waals surface area contributed by atoms with E-state index in [1.54, 1.807) is 6.92 Å². The number of esters is 1.